The molecule has 2 aromatic heterocycles. The fourth-order valence-corrected chi connectivity index (χ4v) is 6.02. The molecule has 0 radical (unpaired) electrons. The number of anilines is 2. The first-order valence-electron chi connectivity index (χ1n) is 12.4. The van der Waals surface area contributed by atoms with Crippen molar-refractivity contribution in [2.75, 3.05) is 49.1 Å². The Morgan fingerprint density at radius 3 is 2.29 bits per heavy atom. The second-order valence-corrected chi connectivity index (χ2v) is 10.4. The van der Waals surface area contributed by atoms with E-state index in [0.29, 0.717) is 5.91 Å². The number of carbonyl (C=O) groups is 1. The highest BCUT2D eigenvalue weighted by Crippen LogP contribution is 2.30. The van der Waals surface area contributed by atoms with Crippen LogP contribution in [0.1, 0.15) is 18.4 Å². The van der Waals surface area contributed by atoms with Crippen LogP contribution < -0.4 is 9.80 Å². The molecular formula is C27H30N6OS. The highest BCUT2D eigenvalue weighted by molar-refractivity contribution is 7.20. The van der Waals surface area contributed by atoms with E-state index in [1.807, 2.05) is 16.8 Å². The highest BCUT2D eigenvalue weighted by Gasteiger charge is 2.31. The summed E-state index contributed by atoms with van der Waals surface area (Å²) in [7, 11) is 0. The van der Waals surface area contributed by atoms with Crippen molar-refractivity contribution >= 4 is 33.0 Å². The van der Waals surface area contributed by atoms with Crippen LogP contribution in [-0.4, -0.2) is 64.7 Å². The topological polar surface area (TPSA) is 57.0 Å². The number of piperidine rings is 1. The second kappa shape index (κ2) is 9.34. The zero-order chi connectivity index (χ0) is 23.8. The minimum atomic E-state index is 0.117. The molecule has 2 saturated heterocycles. The standard InChI is InChI=1S/C27H30N6OS/c1-20-7-9-21(10-8-20)24-19-33-26(28-24)35-27(29-33)32-13-11-22(12-14-32)25(34)31-17-15-30(16-18-31)23-5-3-2-4-6-23/h2-10,19,22H,11-18H2,1H3. The van der Waals surface area contributed by atoms with Gasteiger partial charge in [0.25, 0.3) is 0 Å². The number of aromatic nitrogens is 3. The first kappa shape index (κ1) is 22.1. The van der Waals surface area contributed by atoms with E-state index in [-0.39, 0.29) is 5.92 Å². The fraction of sp³-hybridized carbons (Fsp3) is 0.370. The van der Waals surface area contributed by atoms with Crippen molar-refractivity contribution in [2.45, 2.75) is 19.8 Å². The Morgan fingerprint density at radius 1 is 0.886 bits per heavy atom. The van der Waals surface area contributed by atoms with Crippen molar-refractivity contribution < 1.29 is 4.79 Å². The van der Waals surface area contributed by atoms with Gasteiger partial charge >= 0.3 is 0 Å². The highest BCUT2D eigenvalue weighted by atomic mass is 32.1. The predicted molar refractivity (Wildman–Crippen MR) is 141 cm³/mol. The molecule has 0 atom stereocenters. The summed E-state index contributed by atoms with van der Waals surface area (Å²) in [6.45, 7) is 7.23. The molecule has 0 saturated carbocycles. The number of aryl methyl sites for hydroxylation is 1. The van der Waals surface area contributed by atoms with Crippen molar-refractivity contribution in [3.05, 3.63) is 66.4 Å². The van der Waals surface area contributed by atoms with E-state index in [9.17, 15) is 4.79 Å². The number of amides is 1. The molecule has 0 N–H and O–H groups in total. The average Bonchev–Trinajstić information content (AvgIpc) is 3.49. The molecule has 0 aliphatic carbocycles. The Morgan fingerprint density at radius 2 is 1.60 bits per heavy atom. The Bertz CT molecular complexity index is 1270. The third-order valence-electron chi connectivity index (χ3n) is 7.21. The first-order valence-corrected chi connectivity index (χ1v) is 13.2. The lowest BCUT2D eigenvalue weighted by Gasteiger charge is -2.39. The third-order valence-corrected chi connectivity index (χ3v) is 8.19. The van der Waals surface area contributed by atoms with Crippen LogP contribution in [0.25, 0.3) is 16.2 Å². The quantitative estimate of drug-likeness (QED) is 0.430. The van der Waals surface area contributed by atoms with Gasteiger partial charge in [0.05, 0.1) is 11.9 Å². The van der Waals surface area contributed by atoms with Crippen molar-refractivity contribution in [1.82, 2.24) is 19.5 Å². The number of para-hydroxylation sites is 1. The summed E-state index contributed by atoms with van der Waals surface area (Å²) in [6.07, 6.45) is 3.77. The molecule has 8 heteroatoms. The first-order chi connectivity index (χ1) is 17.1. The fourth-order valence-electron chi connectivity index (χ4n) is 5.08. The van der Waals surface area contributed by atoms with Gasteiger partial charge in [0, 0.05) is 56.4 Å². The molecule has 4 heterocycles. The SMILES string of the molecule is Cc1ccc(-c2cn3nc(N4CCC(C(=O)N5CCN(c6ccccc6)CC5)CC4)sc3n2)cc1. The van der Waals surface area contributed by atoms with Crippen LogP contribution in [0.4, 0.5) is 10.8 Å². The van der Waals surface area contributed by atoms with Crippen molar-refractivity contribution in [3.63, 3.8) is 0 Å². The van der Waals surface area contributed by atoms with Crippen LogP contribution in [0.15, 0.2) is 60.8 Å². The monoisotopic (exact) mass is 486 g/mol. The van der Waals surface area contributed by atoms with Gasteiger partial charge in [-0.2, -0.15) is 0 Å². The lowest BCUT2D eigenvalue weighted by atomic mass is 9.95. The molecule has 2 fully saturated rings. The molecule has 0 unspecified atom stereocenters. The summed E-state index contributed by atoms with van der Waals surface area (Å²) in [5.74, 6) is 0.445. The summed E-state index contributed by atoms with van der Waals surface area (Å²) in [4.78, 5) is 25.6. The lowest BCUT2D eigenvalue weighted by molar-refractivity contribution is -0.136. The molecule has 2 aromatic carbocycles. The van der Waals surface area contributed by atoms with Crippen molar-refractivity contribution in [2.24, 2.45) is 5.92 Å². The number of hydrogen-bond donors (Lipinski definition) is 0. The van der Waals surface area contributed by atoms with Gasteiger partial charge in [-0.05, 0) is 31.9 Å². The van der Waals surface area contributed by atoms with Gasteiger partial charge in [-0.25, -0.2) is 9.50 Å². The molecule has 2 aliphatic rings. The van der Waals surface area contributed by atoms with E-state index in [0.717, 1.165) is 73.5 Å². The maximum atomic E-state index is 13.2. The van der Waals surface area contributed by atoms with E-state index in [1.54, 1.807) is 11.3 Å². The minimum absolute atomic E-state index is 0.117. The molecule has 180 valence electrons. The molecule has 1 amide bonds. The maximum Gasteiger partial charge on any atom is 0.225 e. The molecule has 4 aromatic rings. The number of hydrogen-bond acceptors (Lipinski definition) is 6. The third kappa shape index (κ3) is 4.50. The molecule has 7 nitrogen and oxygen atoms in total. The Labute approximate surface area is 209 Å². The molecule has 0 spiro atoms. The molecule has 6 rings (SSSR count). The van der Waals surface area contributed by atoms with E-state index in [1.165, 1.54) is 11.3 Å². The average molecular weight is 487 g/mol. The van der Waals surface area contributed by atoms with Gasteiger partial charge in [-0.15, -0.1) is 5.10 Å². The zero-order valence-corrected chi connectivity index (χ0v) is 20.8. The minimum Gasteiger partial charge on any atom is -0.368 e. The number of fused-ring (bicyclic) bond motifs is 1. The van der Waals surface area contributed by atoms with E-state index < -0.39 is 0 Å². The molecular weight excluding hydrogens is 456 g/mol. The number of rotatable bonds is 4. The van der Waals surface area contributed by atoms with E-state index in [4.69, 9.17) is 10.1 Å². The normalized spacial score (nSPS) is 17.3. The van der Waals surface area contributed by atoms with Gasteiger partial charge < -0.3 is 14.7 Å². The zero-order valence-electron chi connectivity index (χ0n) is 20.0. The number of piperazine rings is 1. The number of benzene rings is 2. The van der Waals surface area contributed by atoms with Gasteiger partial charge in [0.1, 0.15) is 0 Å². The van der Waals surface area contributed by atoms with Crippen LogP contribution in [0.2, 0.25) is 0 Å². The Balaban J connectivity index is 1.04. The van der Waals surface area contributed by atoms with Crippen LogP contribution in [0.3, 0.4) is 0 Å². The summed E-state index contributed by atoms with van der Waals surface area (Å²) >= 11 is 1.62. The molecule has 0 bridgehead atoms. The summed E-state index contributed by atoms with van der Waals surface area (Å²) < 4.78 is 1.89. The van der Waals surface area contributed by atoms with Crippen LogP contribution in [0.5, 0.6) is 0 Å². The van der Waals surface area contributed by atoms with E-state index >= 15 is 0 Å². The summed E-state index contributed by atoms with van der Waals surface area (Å²) in [5.41, 5.74) is 4.55. The Hall–Kier alpha value is -3.39. The van der Waals surface area contributed by atoms with E-state index in [2.05, 4.69) is 70.2 Å². The summed E-state index contributed by atoms with van der Waals surface area (Å²) in [5, 5.41) is 5.79. The largest absolute Gasteiger partial charge is 0.368 e. The Kier molecular flexibility index (Phi) is 5.90. The lowest BCUT2D eigenvalue weighted by Crippen LogP contribution is -2.51. The molecule has 2 aliphatic heterocycles. The smallest absolute Gasteiger partial charge is 0.225 e. The van der Waals surface area contributed by atoms with Crippen molar-refractivity contribution in [1.29, 1.82) is 0 Å². The number of nitrogens with zero attached hydrogens (tertiary/aromatic N) is 6. The van der Waals surface area contributed by atoms with Gasteiger partial charge in [-0.3, -0.25) is 4.79 Å². The van der Waals surface area contributed by atoms with Gasteiger partial charge in [-0.1, -0.05) is 59.4 Å². The maximum absolute atomic E-state index is 13.2. The second-order valence-electron chi connectivity index (χ2n) is 9.51. The molecule has 35 heavy (non-hydrogen) atoms. The van der Waals surface area contributed by atoms with Crippen LogP contribution >= 0.6 is 11.3 Å². The van der Waals surface area contributed by atoms with Gasteiger partial charge in [0.15, 0.2) is 0 Å². The van der Waals surface area contributed by atoms with Crippen molar-refractivity contribution in [3.8, 4) is 11.3 Å². The predicted octanol–water partition coefficient (Wildman–Crippen LogP) is 4.33. The van der Waals surface area contributed by atoms with Crippen LogP contribution in [0, 0.1) is 12.8 Å². The number of imidazole rings is 1. The van der Waals surface area contributed by atoms with Crippen LogP contribution in [-0.2, 0) is 4.79 Å². The summed E-state index contributed by atoms with van der Waals surface area (Å²) in [6, 6.07) is 18.9. The number of carbonyl (C=O) groups excluding carboxylic acids is 1. The van der Waals surface area contributed by atoms with Gasteiger partial charge in [0.2, 0.25) is 16.0 Å².